The average Bonchev–Trinajstić information content (AvgIpc) is 2.89. The standard InChI is InChI=1S/C28H32ClN3O4S/c1-4-26(28(34)30-3)31(18-17-22-10-6-5-7-11-22)27(33)20-32(24-12-8-9-21(2)19-24)37(35,36)25-15-13-23(29)14-16-25/h5-16,19,26H,4,17-18,20H2,1-3H3,(H,30,34)/t26-/m0/s1. The van der Waals surface area contributed by atoms with Gasteiger partial charge < -0.3 is 10.2 Å². The average molecular weight is 542 g/mol. The summed E-state index contributed by atoms with van der Waals surface area (Å²) in [6.07, 6.45) is 0.906. The van der Waals surface area contributed by atoms with Gasteiger partial charge in [0.2, 0.25) is 11.8 Å². The number of halogens is 1. The van der Waals surface area contributed by atoms with Crippen molar-refractivity contribution >= 4 is 39.1 Å². The predicted octanol–water partition coefficient (Wildman–Crippen LogP) is 4.44. The van der Waals surface area contributed by atoms with Crippen molar-refractivity contribution in [2.24, 2.45) is 0 Å². The first-order valence-corrected chi connectivity index (χ1v) is 13.9. The number of amides is 2. The van der Waals surface area contributed by atoms with Crippen molar-refractivity contribution in [1.82, 2.24) is 10.2 Å². The first-order valence-electron chi connectivity index (χ1n) is 12.1. The minimum atomic E-state index is -4.11. The lowest BCUT2D eigenvalue weighted by Gasteiger charge is -2.33. The Morgan fingerprint density at radius 2 is 1.65 bits per heavy atom. The highest BCUT2D eigenvalue weighted by Gasteiger charge is 2.33. The van der Waals surface area contributed by atoms with Crippen LogP contribution in [0.3, 0.4) is 0 Å². The van der Waals surface area contributed by atoms with Crippen LogP contribution in [0.1, 0.15) is 24.5 Å². The van der Waals surface area contributed by atoms with Gasteiger partial charge in [-0.3, -0.25) is 13.9 Å². The number of hydrogen-bond acceptors (Lipinski definition) is 4. The van der Waals surface area contributed by atoms with Crippen molar-refractivity contribution in [2.75, 3.05) is 24.4 Å². The number of hydrogen-bond donors (Lipinski definition) is 1. The van der Waals surface area contributed by atoms with Crippen LogP contribution in [0.4, 0.5) is 5.69 Å². The van der Waals surface area contributed by atoms with Crippen LogP contribution in [0.5, 0.6) is 0 Å². The molecule has 0 aliphatic carbocycles. The van der Waals surface area contributed by atoms with E-state index in [0.717, 1.165) is 15.4 Å². The van der Waals surface area contributed by atoms with Gasteiger partial charge in [0.15, 0.2) is 0 Å². The van der Waals surface area contributed by atoms with Gasteiger partial charge in [-0.25, -0.2) is 8.42 Å². The summed E-state index contributed by atoms with van der Waals surface area (Å²) in [5, 5.41) is 3.03. The number of aryl methyl sites for hydroxylation is 1. The molecule has 0 heterocycles. The molecule has 0 aromatic heterocycles. The van der Waals surface area contributed by atoms with Crippen LogP contribution in [0.25, 0.3) is 0 Å². The number of likely N-dealkylation sites (N-methyl/N-ethyl adjacent to an activating group) is 1. The van der Waals surface area contributed by atoms with E-state index in [2.05, 4.69) is 5.32 Å². The summed E-state index contributed by atoms with van der Waals surface area (Å²) in [6, 6.07) is 21.7. The highest BCUT2D eigenvalue weighted by atomic mass is 35.5. The van der Waals surface area contributed by atoms with Crippen LogP contribution in [0.2, 0.25) is 5.02 Å². The van der Waals surface area contributed by atoms with E-state index in [1.54, 1.807) is 18.2 Å². The molecule has 1 N–H and O–H groups in total. The van der Waals surface area contributed by atoms with Crippen molar-refractivity contribution in [1.29, 1.82) is 0 Å². The van der Waals surface area contributed by atoms with Gasteiger partial charge in [-0.05, 0) is 67.3 Å². The summed E-state index contributed by atoms with van der Waals surface area (Å²) >= 11 is 5.98. The number of anilines is 1. The maximum atomic E-state index is 13.8. The molecule has 0 radical (unpaired) electrons. The summed E-state index contributed by atoms with van der Waals surface area (Å²) in [7, 11) is -2.59. The summed E-state index contributed by atoms with van der Waals surface area (Å²) < 4.78 is 28.6. The zero-order chi connectivity index (χ0) is 27.0. The molecule has 1 atom stereocenters. The van der Waals surface area contributed by atoms with Crippen molar-refractivity contribution in [3.05, 3.63) is 95.0 Å². The Balaban J connectivity index is 2.00. The highest BCUT2D eigenvalue weighted by Crippen LogP contribution is 2.26. The van der Waals surface area contributed by atoms with Gasteiger partial charge in [0.25, 0.3) is 10.0 Å². The summed E-state index contributed by atoms with van der Waals surface area (Å²) in [5.41, 5.74) is 2.22. The molecule has 0 aliphatic rings. The van der Waals surface area contributed by atoms with E-state index in [4.69, 9.17) is 11.6 Å². The predicted molar refractivity (Wildman–Crippen MR) is 147 cm³/mol. The molecular formula is C28H32ClN3O4S. The molecule has 37 heavy (non-hydrogen) atoms. The Bertz CT molecular complexity index is 1310. The van der Waals surface area contributed by atoms with Crippen LogP contribution in [0, 0.1) is 6.92 Å². The number of nitrogens with zero attached hydrogens (tertiary/aromatic N) is 2. The number of sulfonamides is 1. The van der Waals surface area contributed by atoms with E-state index < -0.39 is 28.5 Å². The lowest BCUT2D eigenvalue weighted by Crippen LogP contribution is -2.52. The van der Waals surface area contributed by atoms with Crippen molar-refractivity contribution in [3.63, 3.8) is 0 Å². The van der Waals surface area contributed by atoms with Gasteiger partial charge in [0.1, 0.15) is 12.6 Å². The molecule has 0 saturated carbocycles. The smallest absolute Gasteiger partial charge is 0.264 e. The van der Waals surface area contributed by atoms with E-state index >= 15 is 0 Å². The molecule has 9 heteroatoms. The number of nitrogens with one attached hydrogen (secondary N) is 1. The van der Waals surface area contributed by atoms with E-state index in [1.165, 1.54) is 36.2 Å². The van der Waals surface area contributed by atoms with Crippen molar-refractivity contribution in [2.45, 2.75) is 37.6 Å². The van der Waals surface area contributed by atoms with Gasteiger partial charge >= 0.3 is 0 Å². The summed E-state index contributed by atoms with van der Waals surface area (Å²) in [6.45, 7) is 3.48. The third-order valence-corrected chi connectivity index (χ3v) is 8.13. The lowest BCUT2D eigenvalue weighted by atomic mass is 10.1. The van der Waals surface area contributed by atoms with E-state index in [0.29, 0.717) is 23.6 Å². The lowest BCUT2D eigenvalue weighted by molar-refractivity contribution is -0.139. The van der Waals surface area contributed by atoms with E-state index in [9.17, 15) is 18.0 Å². The molecule has 3 rings (SSSR count). The Morgan fingerprint density at radius 3 is 2.24 bits per heavy atom. The van der Waals surface area contributed by atoms with Gasteiger partial charge in [-0.2, -0.15) is 0 Å². The summed E-state index contributed by atoms with van der Waals surface area (Å²) in [4.78, 5) is 28.0. The highest BCUT2D eigenvalue weighted by molar-refractivity contribution is 7.92. The van der Waals surface area contributed by atoms with Gasteiger partial charge in [-0.15, -0.1) is 0 Å². The quantitative estimate of drug-likeness (QED) is 0.389. The summed E-state index contributed by atoms with van der Waals surface area (Å²) in [5.74, 6) is -0.767. The fourth-order valence-corrected chi connectivity index (χ4v) is 5.64. The fourth-order valence-electron chi connectivity index (χ4n) is 4.11. The largest absolute Gasteiger partial charge is 0.357 e. The monoisotopic (exact) mass is 541 g/mol. The van der Waals surface area contributed by atoms with Crippen LogP contribution < -0.4 is 9.62 Å². The number of carbonyl (C=O) groups is 2. The number of carbonyl (C=O) groups excluding carboxylic acids is 2. The maximum absolute atomic E-state index is 13.8. The second kappa shape index (κ2) is 12.7. The molecule has 0 saturated heterocycles. The maximum Gasteiger partial charge on any atom is 0.264 e. The van der Waals surface area contributed by atoms with Gasteiger partial charge in [-0.1, -0.05) is 61.0 Å². The second-order valence-electron chi connectivity index (χ2n) is 8.67. The van der Waals surface area contributed by atoms with Gasteiger partial charge in [0, 0.05) is 18.6 Å². The molecule has 0 spiro atoms. The first-order chi connectivity index (χ1) is 17.7. The Morgan fingerprint density at radius 1 is 0.973 bits per heavy atom. The second-order valence-corrected chi connectivity index (χ2v) is 11.0. The number of benzene rings is 3. The SMILES string of the molecule is CC[C@@H](C(=O)NC)N(CCc1ccccc1)C(=O)CN(c1cccc(C)c1)S(=O)(=O)c1ccc(Cl)cc1. The topological polar surface area (TPSA) is 86.8 Å². The zero-order valence-corrected chi connectivity index (χ0v) is 22.8. The molecule has 2 amide bonds. The molecule has 3 aromatic rings. The normalized spacial score (nSPS) is 12.0. The molecule has 7 nitrogen and oxygen atoms in total. The van der Waals surface area contributed by atoms with Crippen LogP contribution in [-0.4, -0.2) is 51.3 Å². The fraction of sp³-hybridized carbons (Fsp3) is 0.286. The Labute approximate surface area is 224 Å². The minimum absolute atomic E-state index is 0.0142. The Kier molecular flexibility index (Phi) is 9.72. The minimum Gasteiger partial charge on any atom is -0.357 e. The number of rotatable bonds is 11. The molecule has 196 valence electrons. The van der Waals surface area contributed by atoms with Crippen LogP contribution in [-0.2, 0) is 26.0 Å². The van der Waals surface area contributed by atoms with E-state index in [1.807, 2.05) is 50.2 Å². The van der Waals surface area contributed by atoms with Crippen molar-refractivity contribution < 1.29 is 18.0 Å². The molecule has 0 unspecified atom stereocenters. The molecule has 3 aromatic carbocycles. The first kappa shape index (κ1) is 28.2. The molecule has 0 aliphatic heterocycles. The van der Waals surface area contributed by atoms with Crippen LogP contribution in [0.15, 0.2) is 83.8 Å². The Hall–Kier alpha value is -3.36. The molecular weight excluding hydrogens is 510 g/mol. The van der Waals surface area contributed by atoms with Crippen molar-refractivity contribution in [3.8, 4) is 0 Å². The third-order valence-electron chi connectivity index (χ3n) is 6.09. The molecule has 0 fully saturated rings. The molecule has 0 bridgehead atoms. The zero-order valence-electron chi connectivity index (χ0n) is 21.2. The third kappa shape index (κ3) is 7.11. The van der Waals surface area contributed by atoms with Gasteiger partial charge in [0.05, 0.1) is 10.6 Å². The van der Waals surface area contributed by atoms with Crippen LogP contribution >= 0.6 is 11.6 Å². The van der Waals surface area contributed by atoms with E-state index in [-0.39, 0.29) is 17.3 Å².